The number of allylic oxidation sites excluding steroid dienone is 1. The van der Waals surface area contributed by atoms with Crippen LogP contribution >= 0.6 is 0 Å². The van der Waals surface area contributed by atoms with Gasteiger partial charge in [-0.25, -0.2) is 0 Å². The molecule has 0 aromatic heterocycles. The maximum atomic E-state index is 11.7. The summed E-state index contributed by atoms with van der Waals surface area (Å²) in [4.78, 5) is 0. The van der Waals surface area contributed by atoms with E-state index in [1.807, 2.05) is 37.3 Å². The molecule has 0 spiro atoms. The van der Waals surface area contributed by atoms with Crippen LogP contribution in [0.5, 0.6) is 0 Å². The molecule has 2 rings (SSSR count). The van der Waals surface area contributed by atoms with Crippen molar-refractivity contribution in [2.45, 2.75) is 98.1 Å². The van der Waals surface area contributed by atoms with Gasteiger partial charge in [-0.3, -0.25) is 0 Å². The minimum absolute atomic E-state index is 0.000604. The van der Waals surface area contributed by atoms with Gasteiger partial charge in [-0.15, -0.1) is 0 Å². The van der Waals surface area contributed by atoms with Crippen molar-refractivity contribution in [2.75, 3.05) is 13.2 Å². The van der Waals surface area contributed by atoms with Crippen LogP contribution in [0, 0.1) is 17.3 Å². The van der Waals surface area contributed by atoms with Crippen molar-refractivity contribution in [2.24, 2.45) is 17.3 Å². The van der Waals surface area contributed by atoms with Gasteiger partial charge in [0.05, 0.1) is 13.2 Å². The molecule has 4 heteroatoms. The van der Waals surface area contributed by atoms with Crippen LogP contribution in [0.15, 0.2) is 54.1 Å². The summed E-state index contributed by atoms with van der Waals surface area (Å²) in [5, 5.41) is 11.9. The number of hydrogen-bond donors (Lipinski definition) is 1. The van der Waals surface area contributed by atoms with E-state index in [1.165, 1.54) is 5.57 Å². The van der Waals surface area contributed by atoms with Crippen molar-refractivity contribution < 1.29 is 14.3 Å². The molecule has 1 aromatic rings. The van der Waals surface area contributed by atoms with Crippen molar-refractivity contribution in [3.8, 4) is 0 Å². The van der Waals surface area contributed by atoms with Gasteiger partial charge in [-0.2, -0.15) is 0 Å². The van der Waals surface area contributed by atoms with E-state index in [-0.39, 0.29) is 17.1 Å². The Balaban J connectivity index is 2.14. The molecular formula is C30H50O3Si. The lowest BCUT2D eigenvalue weighted by Crippen LogP contribution is -2.43. The maximum absolute atomic E-state index is 11.7. The molecule has 0 aliphatic heterocycles. The Kier molecular flexibility index (Phi) is 9.60. The fourth-order valence-electron chi connectivity index (χ4n) is 4.92. The van der Waals surface area contributed by atoms with Crippen molar-refractivity contribution in [3.05, 3.63) is 59.7 Å². The van der Waals surface area contributed by atoms with Crippen LogP contribution in [0.4, 0.5) is 0 Å². The van der Waals surface area contributed by atoms with Crippen LogP contribution in [-0.2, 0) is 15.8 Å². The average Bonchev–Trinajstić information content (AvgIpc) is 3.03. The number of hydrogen-bond acceptors (Lipinski definition) is 3. The maximum Gasteiger partial charge on any atom is 0.191 e. The fourth-order valence-corrected chi connectivity index (χ4v) is 5.96. The average molecular weight is 487 g/mol. The van der Waals surface area contributed by atoms with Gasteiger partial charge < -0.3 is 14.3 Å². The molecule has 1 aromatic carbocycles. The van der Waals surface area contributed by atoms with Gasteiger partial charge in [-0.05, 0) is 66.3 Å². The third kappa shape index (κ3) is 6.93. The molecule has 0 saturated heterocycles. The summed E-state index contributed by atoms with van der Waals surface area (Å²) in [6.45, 7) is 26.1. The van der Waals surface area contributed by atoms with E-state index in [9.17, 15) is 5.11 Å². The Morgan fingerprint density at radius 2 is 1.82 bits per heavy atom. The van der Waals surface area contributed by atoms with E-state index in [2.05, 4.69) is 67.3 Å². The van der Waals surface area contributed by atoms with Crippen LogP contribution in [0.2, 0.25) is 18.1 Å². The molecule has 3 atom stereocenters. The Hall–Kier alpha value is -1.20. The van der Waals surface area contributed by atoms with Gasteiger partial charge in [-0.1, -0.05) is 90.1 Å². The van der Waals surface area contributed by atoms with Crippen molar-refractivity contribution in [1.82, 2.24) is 0 Å². The quantitative estimate of drug-likeness (QED) is 0.241. The molecule has 0 saturated carbocycles. The molecule has 1 N–H and O–H groups in total. The second-order valence-corrected chi connectivity index (χ2v) is 17.4. The molecule has 34 heavy (non-hydrogen) atoms. The van der Waals surface area contributed by atoms with E-state index < -0.39 is 13.9 Å². The molecule has 0 fully saturated rings. The summed E-state index contributed by atoms with van der Waals surface area (Å²) in [5.74, 6) is 1.11. The summed E-state index contributed by atoms with van der Waals surface area (Å²) in [6.07, 6.45) is 4.98. The molecule has 1 aliphatic rings. The zero-order chi connectivity index (χ0) is 25.8. The number of ether oxygens (including phenoxy) is 1. The van der Waals surface area contributed by atoms with Crippen molar-refractivity contribution in [1.29, 1.82) is 0 Å². The van der Waals surface area contributed by atoms with Gasteiger partial charge in [0.15, 0.2) is 8.32 Å². The zero-order valence-electron chi connectivity index (χ0n) is 23.3. The molecule has 3 nitrogen and oxygen atoms in total. The first-order valence-corrected chi connectivity index (χ1v) is 15.9. The lowest BCUT2D eigenvalue weighted by atomic mass is 9.66. The highest BCUT2D eigenvalue weighted by atomic mass is 28.4. The SMILES string of the molecule is C=C(C)[C@@](O)(COCc1ccccc1)CC1=CC[C@H](C(C)C)[C@@]1(C)CCO[Si](C)(C)C(C)(C)C. The fraction of sp³-hybridized carbons (Fsp3) is 0.667. The standard InChI is InChI=1S/C30H50O3Si/c1-23(2)27-17-16-26(29(27,8)18-19-33-34(9,10)28(5,6)7)20-30(31,24(3)4)22-32-21-25-14-12-11-13-15-25/h11-16,23,27,31H,3,17-22H2,1-2,4-10H3/t27-,29+,30+/m1/s1. The van der Waals surface area contributed by atoms with Crippen LogP contribution in [0.3, 0.4) is 0 Å². The lowest BCUT2D eigenvalue weighted by molar-refractivity contribution is -0.0304. The predicted octanol–water partition coefficient (Wildman–Crippen LogP) is 7.92. The van der Waals surface area contributed by atoms with E-state index in [1.54, 1.807) is 0 Å². The highest BCUT2D eigenvalue weighted by Gasteiger charge is 2.46. The first kappa shape index (κ1) is 29.0. The minimum atomic E-state index is -1.80. The third-order valence-corrected chi connectivity index (χ3v) is 13.1. The molecule has 0 radical (unpaired) electrons. The van der Waals surface area contributed by atoms with Gasteiger partial charge >= 0.3 is 0 Å². The van der Waals surface area contributed by atoms with E-state index in [0.29, 0.717) is 24.9 Å². The molecule has 192 valence electrons. The summed E-state index contributed by atoms with van der Waals surface area (Å²) < 4.78 is 12.6. The Morgan fingerprint density at radius 3 is 2.35 bits per heavy atom. The molecule has 0 heterocycles. The zero-order valence-corrected chi connectivity index (χ0v) is 24.3. The summed E-state index contributed by atoms with van der Waals surface area (Å²) in [5.41, 5.74) is 2.13. The van der Waals surface area contributed by atoms with Crippen LogP contribution in [0.1, 0.15) is 73.3 Å². The predicted molar refractivity (Wildman–Crippen MR) is 147 cm³/mol. The second-order valence-electron chi connectivity index (χ2n) is 12.6. The van der Waals surface area contributed by atoms with Crippen molar-refractivity contribution in [3.63, 3.8) is 0 Å². The van der Waals surface area contributed by atoms with E-state index in [0.717, 1.165) is 30.6 Å². The normalized spacial score (nSPS) is 23.1. The van der Waals surface area contributed by atoms with E-state index in [4.69, 9.17) is 9.16 Å². The monoisotopic (exact) mass is 486 g/mol. The van der Waals surface area contributed by atoms with Crippen molar-refractivity contribution >= 4 is 8.32 Å². The Labute approximate surface area is 210 Å². The molecule has 0 bridgehead atoms. The number of aliphatic hydroxyl groups is 1. The summed E-state index contributed by atoms with van der Waals surface area (Å²) >= 11 is 0. The van der Waals surface area contributed by atoms with Gasteiger partial charge in [0.1, 0.15) is 5.60 Å². The molecular weight excluding hydrogens is 436 g/mol. The van der Waals surface area contributed by atoms with E-state index >= 15 is 0 Å². The smallest absolute Gasteiger partial charge is 0.191 e. The Morgan fingerprint density at radius 1 is 1.21 bits per heavy atom. The number of rotatable bonds is 12. The van der Waals surface area contributed by atoms with Gasteiger partial charge in [0.25, 0.3) is 0 Å². The largest absolute Gasteiger partial charge is 0.417 e. The first-order chi connectivity index (χ1) is 15.6. The molecule has 0 unspecified atom stereocenters. The highest BCUT2D eigenvalue weighted by molar-refractivity contribution is 6.74. The second kappa shape index (κ2) is 11.2. The van der Waals surface area contributed by atoms with Crippen LogP contribution in [0.25, 0.3) is 0 Å². The lowest BCUT2D eigenvalue weighted by Gasteiger charge is -2.42. The van der Waals surface area contributed by atoms with Gasteiger partial charge in [0, 0.05) is 13.0 Å². The highest BCUT2D eigenvalue weighted by Crippen LogP contribution is 2.52. The number of benzene rings is 1. The summed E-state index contributed by atoms with van der Waals surface area (Å²) in [6, 6.07) is 10.1. The molecule has 1 aliphatic carbocycles. The van der Waals surface area contributed by atoms with Crippen LogP contribution < -0.4 is 0 Å². The molecule has 0 amide bonds. The van der Waals surface area contributed by atoms with Gasteiger partial charge in [0.2, 0.25) is 0 Å². The minimum Gasteiger partial charge on any atom is -0.417 e. The first-order valence-electron chi connectivity index (χ1n) is 13.0. The third-order valence-electron chi connectivity index (χ3n) is 8.60. The van der Waals surface area contributed by atoms with Crippen LogP contribution in [-0.4, -0.2) is 32.2 Å². The topological polar surface area (TPSA) is 38.7 Å². The summed E-state index contributed by atoms with van der Waals surface area (Å²) in [7, 11) is -1.80. The Bertz CT molecular complexity index is 836.